The van der Waals surface area contributed by atoms with Gasteiger partial charge in [-0.3, -0.25) is 0 Å². The summed E-state index contributed by atoms with van der Waals surface area (Å²) in [5.74, 6) is 1.90. The summed E-state index contributed by atoms with van der Waals surface area (Å²) < 4.78 is 7.67. The molecule has 1 unspecified atom stereocenters. The molecule has 3 heterocycles. The number of para-hydroxylation sites is 2. The van der Waals surface area contributed by atoms with Crippen molar-refractivity contribution in [2.24, 2.45) is 0 Å². The van der Waals surface area contributed by atoms with Crippen LogP contribution < -0.4 is 5.32 Å². The molecule has 1 N–H and O–H groups in total. The van der Waals surface area contributed by atoms with E-state index >= 15 is 0 Å². The Labute approximate surface area is 115 Å². The highest BCUT2D eigenvalue weighted by atomic mass is 16.4. The number of anilines is 1. The molecule has 0 saturated heterocycles. The molecule has 1 aliphatic rings. The maximum absolute atomic E-state index is 5.70. The van der Waals surface area contributed by atoms with Gasteiger partial charge in [-0.15, -0.1) is 0 Å². The van der Waals surface area contributed by atoms with Gasteiger partial charge in [0, 0.05) is 6.42 Å². The van der Waals surface area contributed by atoms with Crippen LogP contribution in [0.25, 0.3) is 11.1 Å². The summed E-state index contributed by atoms with van der Waals surface area (Å²) in [6.07, 6.45) is 1.94. The topological polar surface area (TPSA) is 68.8 Å². The van der Waals surface area contributed by atoms with Gasteiger partial charge in [-0.2, -0.15) is 10.1 Å². The van der Waals surface area contributed by atoms with Crippen LogP contribution in [-0.4, -0.2) is 25.8 Å². The Morgan fingerprint density at radius 3 is 3.10 bits per heavy atom. The molecule has 4 rings (SSSR count). The molecule has 2 aromatic heterocycles. The fourth-order valence-electron chi connectivity index (χ4n) is 2.66. The van der Waals surface area contributed by atoms with E-state index in [1.54, 1.807) is 0 Å². The molecular formula is C14H15N5O. The van der Waals surface area contributed by atoms with Crippen molar-refractivity contribution in [1.82, 2.24) is 19.7 Å². The van der Waals surface area contributed by atoms with Crippen LogP contribution in [0.5, 0.6) is 0 Å². The van der Waals surface area contributed by atoms with E-state index in [2.05, 4.69) is 20.4 Å². The maximum atomic E-state index is 5.70. The van der Waals surface area contributed by atoms with E-state index in [-0.39, 0.29) is 6.04 Å². The van der Waals surface area contributed by atoms with Crippen LogP contribution in [0.1, 0.15) is 18.1 Å². The van der Waals surface area contributed by atoms with Crippen molar-refractivity contribution in [3.63, 3.8) is 0 Å². The fraction of sp³-hybridized carbons (Fsp3) is 0.357. The average molecular weight is 269 g/mol. The normalized spacial score (nSPS) is 18.1. The number of nitrogens with one attached hydrogen (secondary N) is 1. The van der Waals surface area contributed by atoms with Crippen molar-refractivity contribution < 1.29 is 4.42 Å². The van der Waals surface area contributed by atoms with Crippen molar-refractivity contribution in [2.75, 3.05) is 5.32 Å². The molecule has 0 radical (unpaired) electrons. The maximum Gasteiger partial charge on any atom is 0.295 e. The molecule has 6 heteroatoms. The molecule has 0 fully saturated rings. The van der Waals surface area contributed by atoms with Gasteiger partial charge in [0.15, 0.2) is 5.58 Å². The molecule has 0 spiro atoms. The van der Waals surface area contributed by atoms with E-state index < -0.39 is 0 Å². The summed E-state index contributed by atoms with van der Waals surface area (Å²) in [5, 5.41) is 7.75. The summed E-state index contributed by atoms with van der Waals surface area (Å²) in [6.45, 7) is 2.73. The van der Waals surface area contributed by atoms with E-state index in [0.717, 1.165) is 42.1 Å². The Balaban J connectivity index is 1.55. The minimum atomic E-state index is 0.275. The molecule has 102 valence electrons. The highest BCUT2D eigenvalue weighted by molar-refractivity contribution is 5.74. The molecule has 1 aliphatic heterocycles. The molecular weight excluding hydrogens is 254 g/mol. The third kappa shape index (κ3) is 1.93. The number of hydrogen-bond donors (Lipinski definition) is 1. The second-order valence-electron chi connectivity index (χ2n) is 5.12. The highest BCUT2D eigenvalue weighted by Crippen LogP contribution is 2.21. The summed E-state index contributed by atoms with van der Waals surface area (Å²) in [6, 6.07) is 8.63. The third-order valence-electron chi connectivity index (χ3n) is 3.59. The monoisotopic (exact) mass is 269 g/mol. The van der Waals surface area contributed by atoms with Crippen molar-refractivity contribution in [2.45, 2.75) is 32.4 Å². The minimum Gasteiger partial charge on any atom is -0.424 e. The Morgan fingerprint density at radius 2 is 2.20 bits per heavy atom. The van der Waals surface area contributed by atoms with Gasteiger partial charge in [0.1, 0.15) is 17.2 Å². The smallest absolute Gasteiger partial charge is 0.295 e. The molecule has 20 heavy (non-hydrogen) atoms. The number of benzene rings is 1. The second-order valence-corrected chi connectivity index (χ2v) is 5.12. The van der Waals surface area contributed by atoms with Gasteiger partial charge in [0.05, 0.1) is 12.6 Å². The van der Waals surface area contributed by atoms with E-state index in [1.807, 2.05) is 35.9 Å². The van der Waals surface area contributed by atoms with Crippen LogP contribution in [0.2, 0.25) is 0 Å². The summed E-state index contributed by atoms with van der Waals surface area (Å²) in [4.78, 5) is 8.86. The molecule has 1 atom stereocenters. The highest BCUT2D eigenvalue weighted by Gasteiger charge is 2.22. The van der Waals surface area contributed by atoms with E-state index in [0.29, 0.717) is 6.01 Å². The Hall–Kier alpha value is -2.37. The number of rotatable bonds is 2. The standard InChI is InChI=1S/C14H15N5O/c1-9-15-13-7-6-10(8-19(13)18-9)16-14-17-11-4-2-3-5-12(11)20-14/h2-5,10H,6-8H2,1H3,(H,16,17). The Morgan fingerprint density at radius 1 is 1.30 bits per heavy atom. The van der Waals surface area contributed by atoms with Crippen LogP contribution in [0.3, 0.4) is 0 Å². The summed E-state index contributed by atoms with van der Waals surface area (Å²) in [5.41, 5.74) is 1.69. The van der Waals surface area contributed by atoms with Crippen LogP contribution in [-0.2, 0) is 13.0 Å². The van der Waals surface area contributed by atoms with Crippen LogP contribution in [0.15, 0.2) is 28.7 Å². The molecule has 3 aromatic rings. The van der Waals surface area contributed by atoms with Crippen molar-refractivity contribution in [1.29, 1.82) is 0 Å². The van der Waals surface area contributed by atoms with Gasteiger partial charge in [-0.25, -0.2) is 9.67 Å². The van der Waals surface area contributed by atoms with Gasteiger partial charge >= 0.3 is 0 Å². The molecule has 0 saturated carbocycles. The van der Waals surface area contributed by atoms with Crippen molar-refractivity contribution in [3.8, 4) is 0 Å². The number of nitrogens with zero attached hydrogens (tertiary/aromatic N) is 4. The SMILES string of the molecule is Cc1nc2n(n1)CC(Nc1nc3ccccc3o1)CC2. The molecule has 0 amide bonds. The predicted molar refractivity (Wildman–Crippen MR) is 74.5 cm³/mol. The third-order valence-corrected chi connectivity index (χ3v) is 3.59. The number of fused-ring (bicyclic) bond motifs is 2. The van der Waals surface area contributed by atoms with Gasteiger partial charge in [0.25, 0.3) is 6.01 Å². The lowest BCUT2D eigenvalue weighted by atomic mass is 10.1. The number of oxazole rings is 1. The lowest BCUT2D eigenvalue weighted by Crippen LogP contribution is -2.32. The van der Waals surface area contributed by atoms with Gasteiger partial charge < -0.3 is 9.73 Å². The summed E-state index contributed by atoms with van der Waals surface area (Å²) >= 11 is 0. The van der Waals surface area contributed by atoms with Crippen LogP contribution >= 0.6 is 0 Å². The zero-order valence-corrected chi connectivity index (χ0v) is 11.2. The first-order valence-electron chi connectivity index (χ1n) is 6.80. The molecule has 0 aliphatic carbocycles. The first-order valence-corrected chi connectivity index (χ1v) is 6.80. The van der Waals surface area contributed by atoms with E-state index in [9.17, 15) is 0 Å². The van der Waals surface area contributed by atoms with E-state index in [4.69, 9.17) is 4.42 Å². The lowest BCUT2D eigenvalue weighted by molar-refractivity contribution is 0.431. The van der Waals surface area contributed by atoms with Crippen molar-refractivity contribution >= 4 is 17.1 Å². The zero-order chi connectivity index (χ0) is 13.5. The van der Waals surface area contributed by atoms with Gasteiger partial charge in [0.2, 0.25) is 0 Å². The zero-order valence-electron chi connectivity index (χ0n) is 11.2. The number of aromatic nitrogens is 4. The van der Waals surface area contributed by atoms with Crippen molar-refractivity contribution in [3.05, 3.63) is 35.9 Å². The number of hydrogen-bond acceptors (Lipinski definition) is 5. The first-order chi connectivity index (χ1) is 9.78. The Kier molecular flexibility index (Phi) is 2.48. The van der Waals surface area contributed by atoms with E-state index in [1.165, 1.54) is 0 Å². The predicted octanol–water partition coefficient (Wildman–Crippen LogP) is 2.15. The second kappa shape index (κ2) is 4.33. The molecule has 1 aromatic carbocycles. The average Bonchev–Trinajstić information content (AvgIpc) is 2.99. The molecule has 0 bridgehead atoms. The largest absolute Gasteiger partial charge is 0.424 e. The van der Waals surface area contributed by atoms with Crippen LogP contribution in [0, 0.1) is 6.92 Å². The fourth-order valence-corrected chi connectivity index (χ4v) is 2.66. The van der Waals surface area contributed by atoms with Gasteiger partial charge in [-0.05, 0) is 25.5 Å². The minimum absolute atomic E-state index is 0.275. The van der Waals surface area contributed by atoms with Crippen LogP contribution in [0.4, 0.5) is 6.01 Å². The quantitative estimate of drug-likeness (QED) is 0.772. The Bertz CT molecular complexity index is 727. The first kappa shape index (κ1) is 11.5. The molecule has 6 nitrogen and oxygen atoms in total. The number of aryl methyl sites for hydroxylation is 2. The lowest BCUT2D eigenvalue weighted by Gasteiger charge is -2.22. The van der Waals surface area contributed by atoms with Gasteiger partial charge in [-0.1, -0.05) is 12.1 Å². The summed E-state index contributed by atoms with van der Waals surface area (Å²) in [7, 11) is 0.